The monoisotopic (exact) mass is 282 g/mol. The van der Waals surface area contributed by atoms with Crippen LogP contribution in [-0.4, -0.2) is 35.3 Å². The number of hydrogen-bond acceptors (Lipinski definition) is 3. The lowest BCUT2D eigenvalue weighted by atomic mass is 10.4. The predicted octanol–water partition coefficient (Wildman–Crippen LogP) is 2.77. The second-order valence-corrected chi connectivity index (χ2v) is 12.0. The van der Waals surface area contributed by atoms with E-state index in [4.69, 9.17) is 9.84 Å². The van der Waals surface area contributed by atoms with Gasteiger partial charge >= 0.3 is 5.97 Å². The number of ether oxygens (including phenoxy) is 1. The van der Waals surface area contributed by atoms with E-state index in [0.717, 1.165) is 31.3 Å². The van der Waals surface area contributed by atoms with Gasteiger partial charge in [0.25, 0.3) is 0 Å². The van der Waals surface area contributed by atoms with Gasteiger partial charge in [-0.3, -0.25) is 0 Å². The topological polar surface area (TPSA) is 64.3 Å². The molecule has 0 bridgehead atoms. The second-order valence-electron chi connectivity index (χ2n) is 6.38. The molecule has 0 radical (unpaired) electrons. The molecule has 1 aliphatic carbocycles. The summed E-state index contributed by atoms with van der Waals surface area (Å²) in [4.78, 5) is 15.2. The fourth-order valence-electron chi connectivity index (χ4n) is 1.85. The molecule has 106 valence electrons. The van der Waals surface area contributed by atoms with Crippen molar-refractivity contribution in [1.29, 1.82) is 0 Å². The number of aromatic carboxylic acids is 1. The second kappa shape index (κ2) is 5.46. The molecule has 0 atom stereocenters. The van der Waals surface area contributed by atoms with Crippen molar-refractivity contribution < 1.29 is 14.6 Å². The first kappa shape index (κ1) is 14.3. The average Bonchev–Trinajstić information content (AvgIpc) is 3.04. The van der Waals surface area contributed by atoms with Crippen LogP contribution in [-0.2, 0) is 11.5 Å². The number of imidazole rings is 1. The lowest BCUT2D eigenvalue weighted by molar-refractivity contribution is 0.0689. The van der Waals surface area contributed by atoms with Gasteiger partial charge in [0.05, 0.1) is 0 Å². The zero-order valence-corrected chi connectivity index (χ0v) is 12.8. The van der Waals surface area contributed by atoms with E-state index in [-0.39, 0.29) is 5.69 Å². The van der Waals surface area contributed by atoms with E-state index in [1.807, 2.05) is 4.57 Å². The third kappa shape index (κ3) is 4.17. The summed E-state index contributed by atoms with van der Waals surface area (Å²) < 4.78 is 7.52. The third-order valence-corrected chi connectivity index (χ3v) is 4.90. The maximum absolute atomic E-state index is 11.0. The predicted molar refractivity (Wildman–Crippen MR) is 75.3 cm³/mol. The Kier molecular flexibility index (Phi) is 4.10. The van der Waals surface area contributed by atoms with Gasteiger partial charge in [-0.15, -0.1) is 0 Å². The molecular formula is C13H22N2O3Si. The van der Waals surface area contributed by atoms with Gasteiger partial charge in [0, 0.05) is 26.8 Å². The first-order valence-corrected chi connectivity index (χ1v) is 10.5. The SMILES string of the molecule is C[Si](C)(C)CCOCn1cc(C(=O)O)nc1C1CC1. The Bertz CT molecular complexity index is 461. The number of rotatable bonds is 7. The van der Waals surface area contributed by atoms with Crippen LogP contribution < -0.4 is 0 Å². The average molecular weight is 282 g/mol. The summed E-state index contributed by atoms with van der Waals surface area (Å²) in [5, 5.41) is 8.99. The van der Waals surface area contributed by atoms with Crippen molar-refractivity contribution in [2.45, 2.75) is 51.2 Å². The molecule has 0 aliphatic heterocycles. The van der Waals surface area contributed by atoms with Gasteiger partial charge < -0.3 is 14.4 Å². The fraction of sp³-hybridized carbons (Fsp3) is 0.692. The first-order chi connectivity index (χ1) is 8.87. The van der Waals surface area contributed by atoms with Crippen molar-refractivity contribution in [3.8, 4) is 0 Å². The van der Waals surface area contributed by atoms with Gasteiger partial charge in [-0.2, -0.15) is 0 Å². The summed E-state index contributed by atoms with van der Waals surface area (Å²) in [7, 11) is -1.08. The fourth-order valence-corrected chi connectivity index (χ4v) is 2.60. The number of carboxylic acid groups (broad SMARTS) is 1. The highest BCUT2D eigenvalue weighted by atomic mass is 28.3. The van der Waals surface area contributed by atoms with E-state index < -0.39 is 14.0 Å². The summed E-state index contributed by atoms with van der Waals surface area (Å²) in [5.74, 6) is 0.321. The minimum absolute atomic E-state index is 0.121. The Morgan fingerprint density at radius 3 is 2.74 bits per heavy atom. The molecule has 1 aromatic heterocycles. The summed E-state index contributed by atoms with van der Waals surface area (Å²) >= 11 is 0. The van der Waals surface area contributed by atoms with Crippen LogP contribution >= 0.6 is 0 Å². The Labute approximate surface area is 114 Å². The molecule has 0 saturated heterocycles. The summed E-state index contributed by atoms with van der Waals surface area (Å²) in [6.45, 7) is 8.08. The van der Waals surface area contributed by atoms with Crippen molar-refractivity contribution in [2.24, 2.45) is 0 Å². The molecule has 1 N–H and O–H groups in total. The molecule has 0 unspecified atom stereocenters. The van der Waals surface area contributed by atoms with Gasteiger partial charge in [-0.05, 0) is 18.9 Å². The Hall–Kier alpha value is -1.14. The standard InChI is InChI=1S/C13H22N2O3Si/c1-19(2,3)7-6-18-9-15-8-11(13(16)17)14-12(15)10-4-5-10/h8,10H,4-7,9H2,1-3H3,(H,16,17). The summed E-state index contributed by atoms with van der Waals surface area (Å²) in [6, 6.07) is 1.12. The Morgan fingerprint density at radius 1 is 1.53 bits per heavy atom. The largest absolute Gasteiger partial charge is 0.476 e. The third-order valence-electron chi connectivity index (χ3n) is 3.20. The van der Waals surface area contributed by atoms with Crippen LogP contribution in [0.5, 0.6) is 0 Å². The summed E-state index contributed by atoms with van der Waals surface area (Å²) in [5.41, 5.74) is 0.121. The molecule has 1 aliphatic rings. The number of carbonyl (C=O) groups is 1. The highest BCUT2D eigenvalue weighted by Gasteiger charge is 2.30. The maximum atomic E-state index is 11.0. The molecule has 5 nitrogen and oxygen atoms in total. The lowest BCUT2D eigenvalue weighted by Crippen LogP contribution is -2.22. The van der Waals surface area contributed by atoms with Crippen LogP contribution in [0.25, 0.3) is 0 Å². The summed E-state index contributed by atoms with van der Waals surface area (Å²) in [6.07, 6.45) is 3.79. The van der Waals surface area contributed by atoms with Crippen molar-refractivity contribution in [2.75, 3.05) is 6.61 Å². The number of nitrogens with zero attached hydrogens (tertiary/aromatic N) is 2. The van der Waals surface area contributed by atoms with E-state index >= 15 is 0 Å². The minimum atomic E-state index is -1.08. The number of aromatic nitrogens is 2. The molecule has 19 heavy (non-hydrogen) atoms. The normalized spacial score (nSPS) is 15.7. The molecule has 1 heterocycles. The van der Waals surface area contributed by atoms with E-state index in [9.17, 15) is 4.79 Å². The van der Waals surface area contributed by atoms with Crippen LogP contribution in [0.2, 0.25) is 25.7 Å². The molecular weight excluding hydrogens is 260 g/mol. The van der Waals surface area contributed by atoms with E-state index in [0.29, 0.717) is 12.6 Å². The molecule has 1 aromatic rings. The molecule has 6 heteroatoms. The smallest absolute Gasteiger partial charge is 0.356 e. The molecule has 0 aromatic carbocycles. The Morgan fingerprint density at radius 2 is 2.21 bits per heavy atom. The van der Waals surface area contributed by atoms with Crippen LogP contribution in [0, 0.1) is 0 Å². The molecule has 2 rings (SSSR count). The highest BCUT2D eigenvalue weighted by molar-refractivity contribution is 6.76. The molecule has 0 amide bonds. The molecule has 0 spiro atoms. The quantitative estimate of drug-likeness (QED) is 0.617. The zero-order valence-electron chi connectivity index (χ0n) is 11.8. The number of hydrogen-bond donors (Lipinski definition) is 1. The van der Waals surface area contributed by atoms with Crippen LogP contribution in [0.1, 0.15) is 35.1 Å². The van der Waals surface area contributed by atoms with E-state index in [1.54, 1.807) is 6.20 Å². The van der Waals surface area contributed by atoms with Crippen molar-refractivity contribution in [3.05, 3.63) is 17.7 Å². The van der Waals surface area contributed by atoms with E-state index in [2.05, 4.69) is 24.6 Å². The van der Waals surface area contributed by atoms with E-state index in [1.165, 1.54) is 0 Å². The van der Waals surface area contributed by atoms with Crippen molar-refractivity contribution in [1.82, 2.24) is 9.55 Å². The number of carboxylic acids is 1. The first-order valence-electron chi connectivity index (χ1n) is 6.75. The van der Waals surface area contributed by atoms with Gasteiger partial charge in [0.2, 0.25) is 0 Å². The Balaban J connectivity index is 1.93. The van der Waals surface area contributed by atoms with Gasteiger partial charge in [-0.1, -0.05) is 19.6 Å². The highest BCUT2D eigenvalue weighted by Crippen LogP contribution is 2.39. The molecule has 1 fully saturated rings. The lowest BCUT2D eigenvalue weighted by Gasteiger charge is -2.16. The zero-order chi connectivity index (χ0) is 14.0. The van der Waals surface area contributed by atoms with Gasteiger partial charge in [-0.25, -0.2) is 9.78 Å². The van der Waals surface area contributed by atoms with Gasteiger partial charge in [0.1, 0.15) is 12.6 Å². The van der Waals surface area contributed by atoms with Gasteiger partial charge in [0.15, 0.2) is 5.69 Å². The van der Waals surface area contributed by atoms with Crippen LogP contribution in [0.3, 0.4) is 0 Å². The van der Waals surface area contributed by atoms with Crippen LogP contribution in [0.4, 0.5) is 0 Å². The van der Waals surface area contributed by atoms with Crippen molar-refractivity contribution in [3.63, 3.8) is 0 Å². The van der Waals surface area contributed by atoms with Crippen LogP contribution in [0.15, 0.2) is 6.20 Å². The molecule has 1 saturated carbocycles. The minimum Gasteiger partial charge on any atom is -0.476 e. The van der Waals surface area contributed by atoms with Crippen molar-refractivity contribution >= 4 is 14.0 Å². The maximum Gasteiger partial charge on any atom is 0.356 e.